The van der Waals surface area contributed by atoms with Gasteiger partial charge < -0.3 is 0 Å². The number of ketones is 1. The zero-order valence-electron chi connectivity index (χ0n) is 8.53. The fourth-order valence-corrected chi connectivity index (χ4v) is 1.85. The van der Waals surface area contributed by atoms with Crippen molar-refractivity contribution in [2.24, 2.45) is 0 Å². The van der Waals surface area contributed by atoms with Crippen LogP contribution in [-0.2, 0) is 65.4 Å². The summed E-state index contributed by atoms with van der Waals surface area (Å²) in [6.45, 7) is 0. The maximum atomic E-state index is 11.9. The molecule has 0 saturated heterocycles. The number of benzene rings is 2. The molecule has 72 valence electrons. The van der Waals surface area contributed by atoms with Gasteiger partial charge in [0.05, 0.1) is 0 Å². The normalized spacial score (nSPS) is 10.9. The van der Waals surface area contributed by atoms with Crippen molar-refractivity contribution in [3.05, 3.63) is 59.7 Å². The molecule has 0 fully saturated rings. The second-order valence-corrected chi connectivity index (χ2v) is 3.27. The van der Waals surface area contributed by atoms with Crippen molar-refractivity contribution >= 4 is 5.78 Å². The van der Waals surface area contributed by atoms with Gasteiger partial charge in [0, 0.05) is 65.4 Å². The largest absolute Gasteiger partial charge is 0.293 e. The molecule has 0 bridgehead atoms. The van der Waals surface area contributed by atoms with Crippen molar-refractivity contribution < 1.29 is 70.2 Å². The molecule has 1 nitrogen and oxygen atoms in total. The quantitative estimate of drug-likeness (QED) is 0.566. The fraction of sp³-hybridized carbons (Fsp3) is 0. The minimum absolute atomic E-state index is 0. The summed E-state index contributed by atoms with van der Waals surface area (Å²) < 4.78 is 0. The Kier molecular flexibility index (Phi) is 5.19. The van der Waals surface area contributed by atoms with E-state index in [2.05, 4.69) is 12.1 Å². The average Bonchev–Trinajstić information content (AvgIpc) is 2.55. The van der Waals surface area contributed by atoms with Crippen LogP contribution in [0.3, 0.4) is 0 Å². The molecule has 2 radical (unpaired) electrons. The van der Waals surface area contributed by atoms with Gasteiger partial charge in [-0.2, -0.15) is 59.7 Å². The summed E-state index contributed by atoms with van der Waals surface area (Å²) in [4.78, 5) is 11.9. The minimum atomic E-state index is 0. The number of hydrogen-bond donors (Lipinski definition) is 0. The van der Waals surface area contributed by atoms with Gasteiger partial charge in [-0.1, -0.05) is 11.1 Å². The smallest absolute Gasteiger partial charge is 0.144 e. The molecule has 3 rings (SSSR count). The average molecular weight is 356 g/mol. The third-order valence-corrected chi connectivity index (χ3v) is 2.51. The van der Waals surface area contributed by atoms with E-state index in [0.717, 1.165) is 22.3 Å². The summed E-state index contributed by atoms with van der Waals surface area (Å²) >= 11 is 0. The van der Waals surface area contributed by atoms with E-state index in [1.54, 1.807) is 12.1 Å². The third-order valence-electron chi connectivity index (χ3n) is 2.51. The van der Waals surface area contributed by atoms with Gasteiger partial charge in [0.25, 0.3) is 0 Å². The Morgan fingerprint density at radius 2 is 1.19 bits per heavy atom. The molecule has 0 saturated carbocycles. The molecule has 2 aromatic rings. The van der Waals surface area contributed by atoms with Crippen LogP contribution in [0.25, 0.3) is 11.1 Å². The second-order valence-electron chi connectivity index (χ2n) is 3.27. The van der Waals surface area contributed by atoms with E-state index in [1.165, 1.54) is 0 Å². The maximum Gasteiger partial charge on any atom is 0.144 e. The van der Waals surface area contributed by atoms with E-state index in [0.29, 0.717) is 0 Å². The standard InChI is InChI=1S/C13H6O.2Y/c14-13-11-7-3-1-5-9(11)10-6-2-4-8-12(10)13;;/h3-8H;;/q-2;;. The predicted octanol–water partition coefficient (Wildman–Crippen LogP) is 2.49. The minimum Gasteiger partial charge on any atom is -0.293 e. The molecule has 16 heavy (non-hydrogen) atoms. The molecule has 0 amide bonds. The van der Waals surface area contributed by atoms with Crippen molar-refractivity contribution in [1.29, 1.82) is 0 Å². The number of carbonyl (C=O) groups excluding carboxylic acids is 1. The molecule has 0 heterocycles. The van der Waals surface area contributed by atoms with E-state index < -0.39 is 0 Å². The van der Waals surface area contributed by atoms with Crippen molar-refractivity contribution in [2.75, 3.05) is 0 Å². The SMILES string of the molecule is O=C1c2cc[c-]cc2-c2c[c-]ccc21.[Y].[Y]. The molecule has 0 aromatic heterocycles. The Bertz CT molecular complexity index is 487. The molecule has 2 aromatic carbocycles. The summed E-state index contributed by atoms with van der Waals surface area (Å²) in [5, 5.41) is 0. The second kappa shape index (κ2) is 5.78. The number of rotatable bonds is 0. The number of hydrogen-bond acceptors (Lipinski definition) is 1. The van der Waals surface area contributed by atoms with Gasteiger partial charge in [-0.15, -0.1) is 0 Å². The van der Waals surface area contributed by atoms with Gasteiger partial charge in [-0.3, -0.25) is 4.79 Å². The Morgan fingerprint density at radius 1 is 0.750 bits per heavy atom. The third kappa shape index (κ3) is 2.16. The molecule has 0 spiro atoms. The summed E-state index contributed by atoms with van der Waals surface area (Å²) in [5.41, 5.74) is 3.51. The van der Waals surface area contributed by atoms with Crippen LogP contribution in [0.2, 0.25) is 0 Å². The molecular formula is C13H6OY2-2. The zero-order valence-corrected chi connectivity index (χ0v) is 14.2. The molecule has 0 N–H and O–H groups in total. The van der Waals surface area contributed by atoms with Crippen molar-refractivity contribution in [3.8, 4) is 11.1 Å². The predicted molar refractivity (Wildman–Crippen MR) is 53.0 cm³/mol. The summed E-state index contributed by atoms with van der Waals surface area (Å²) in [6.07, 6.45) is 0. The molecule has 1 aliphatic rings. The fourth-order valence-electron chi connectivity index (χ4n) is 1.85. The van der Waals surface area contributed by atoms with Crippen LogP contribution < -0.4 is 0 Å². The molecule has 0 unspecified atom stereocenters. The Morgan fingerprint density at radius 3 is 1.62 bits per heavy atom. The Labute approximate surface area is 145 Å². The summed E-state index contributed by atoms with van der Waals surface area (Å²) in [7, 11) is 0. The van der Waals surface area contributed by atoms with Crippen LogP contribution in [0.15, 0.2) is 36.4 Å². The molecular weight excluding hydrogens is 350 g/mol. The van der Waals surface area contributed by atoms with Gasteiger partial charge in [0.1, 0.15) is 5.78 Å². The Balaban J connectivity index is 0.000000640. The van der Waals surface area contributed by atoms with E-state index in [4.69, 9.17) is 0 Å². The first kappa shape index (κ1) is 14.4. The zero-order chi connectivity index (χ0) is 9.54. The summed E-state index contributed by atoms with van der Waals surface area (Å²) in [6, 6.07) is 16.9. The monoisotopic (exact) mass is 356 g/mol. The van der Waals surface area contributed by atoms with E-state index in [1.807, 2.05) is 24.3 Å². The van der Waals surface area contributed by atoms with Gasteiger partial charge in [-0.25, -0.2) is 0 Å². The summed E-state index contributed by atoms with van der Waals surface area (Å²) in [5.74, 6) is 0.109. The van der Waals surface area contributed by atoms with Crippen LogP contribution in [0, 0.1) is 12.1 Å². The van der Waals surface area contributed by atoms with Crippen LogP contribution in [-0.4, -0.2) is 5.78 Å². The van der Waals surface area contributed by atoms with E-state index >= 15 is 0 Å². The molecule has 3 heteroatoms. The molecule has 1 aliphatic carbocycles. The van der Waals surface area contributed by atoms with Crippen molar-refractivity contribution in [3.63, 3.8) is 0 Å². The molecule has 0 atom stereocenters. The number of carbonyl (C=O) groups is 1. The van der Waals surface area contributed by atoms with Gasteiger partial charge in [-0.05, 0) is 0 Å². The van der Waals surface area contributed by atoms with E-state index in [-0.39, 0.29) is 71.2 Å². The first-order chi connectivity index (χ1) is 6.88. The van der Waals surface area contributed by atoms with Crippen molar-refractivity contribution in [2.45, 2.75) is 0 Å². The molecule has 0 aliphatic heterocycles. The Hall–Kier alpha value is 0.318. The first-order valence-corrected chi connectivity index (χ1v) is 4.43. The van der Waals surface area contributed by atoms with Gasteiger partial charge in [0.15, 0.2) is 0 Å². The van der Waals surface area contributed by atoms with Crippen LogP contribution >= 0.6 is 0 Å². The first-order valence-electron chi connectivity index (χ1n) is 4.43. The van der Waals surface area contributed by atoms with Crippen LogP contribution in [0.5, 0.6) is 0 Å². The maximum absolute atomic E-state index is 11.9. The topological polar surface area (TPSA) is 17.1 Å². The van der Waals surface area contributed by atoms with Crippen LogP contribution in [0.1, 0.15) is 15.9 Å². The van der Waals surface area contributed by atoms with Crippen LogP contribution in [0.4, 0.5) is 0 Å². The van der Waals surface area contributed by atoms with Gasteiger partial charge >= 0.3 is 0 Å². The number of fused-ring (bicyclic) bond motifs is 3. The van der Waals surface area contributed by atoms with Gasteiger partial charge in [0.2, 0.25) is 0 Å². The van der Waals surface area contributed by atoms with Crippen molar-refractivity contribution in [1.82, 2.24) is 0 Å². The van der Waals surface area contributed by atoms with E-state index in [9.17, 15) is 4.79 Å².